The van der Waals surface area contributed by atoms with Crippen LogP contribution in [0, 0.1) is 0 Å². The highest BCUT2D eigenvalue weighted by atomic mass is 16.7. The molecule has 1 aliphatic heterocycles. The minimum absolute atomic E-state index is 0.00554. The molecule has 71 heavy (non-hydrogen) atoms. The highest BCUT2D eigenvalue weighted by molar-refractivity contribution is 5.76. The molecule has 0 bridgehead atoms. The van der Waals surface area contributed by atoms with Crippen molar-refractivity contribution in [1.29, 1.82) is 0 Å². The number of aliphatic hydroxyl groups is 5. The quantitative estimate of drug-likeness (QED) is 0.0195. The Morgan fingerprint density at radius 2 is 0.887 bits per heavy atom. The maximum absolute atomic E-state index is 13.0. The lowest BCUT2D eigenvalue weighted by Gasteiger charge is -2.40. The van der Waals surface area contributed by atoms with Gasteiger partial charge in [-0.05, 0) is 32.1 Å². The summed E-state index contributed by atoms with van der Waals surface area (Å²) in [5, 5.41) is 54.4. The zero-order valence-electron chi connectivity index (χ0n) is 46.2. The van der Waals surface area contributed by atoms with Gasteiger partial charge < -0.3 is 45.1 Å². The molecule has 6 N–H and O–H groups in total. The number of unbranched alkanes of at least 4 members (excludes halogenated alkanes) is 39. The van der Waals surface area contributed by atoms with Crippen molar-refractivity contribution in [2.75, 3.05) is 19.8 Å². The summed E-state index contributed by atoms with van der Waals surface area (Å²) in [6.45, 7) is 4.35. The number of esters is 1. The molecule has 1 amide bonds. The number of allylic oxidation sites excluding steroid dienone is 1. The zero-order valence-corrected chi connectivity index (χ0v) is 46.2. The van der Waals surface area contributed by atoms with E-state index in [9.17, 15) is 35.1 Å². The van der Waals surface area contributed by atoms with E-state index in [1.54, 1.807) is 6.08 Å². The Hall–Kier alpha value is -1.60. The van der Waals surface area contributed by atoms with E-state index in [-0.39, 0.29) is 18.5 Å². The first-order chi connectivity index (χ1) is 34.7. The largest absolute Gasteiger partial charge is 0.466 e. The van der Waals surface area contributed by atoms with E-state index >= 15 is 0 Å². The first-order valence-corrected chi connectivity index (χ1v) is 30.5. The summed E-state index contributed by atoms with van der Waals surface area (Å²) in [6, 6.07) is -0.811. The second-order valence-corrected chi connectivity index (χ2v) is 21.4. The molecule has 0 aromatic rings. The van der Waals surface area contributed by atoms with Gasteiger partial charge in [-0.25, -0.2) is 0 Å². The van der Waals surface area contributed by atoms with Gasteiger partial charge in [-0.2, -0.15) is 0 Å². The summed E-state index contributed by atoms with van der Waals surface area (Å²) in [4.78, 5) is 25.1. The Morgan fingerprint density at radius 1 is 0.507 bits per heavy atom. The Labute approximate surface area is 436 Å². The van der Waals surface area contributed by atoms with Crippen molar-refractivity contribution < 1.29 is 49.3 Å². The lowest BCUT2D eigenvalue weighted by molar-refractivity contribution is -0.302. The van der Waals surface area contributed by atoms with Gasteiger partial charge in [0.15, 0.2) is 6.29 Å². The molecule has 420 valence electrons. The monoisotopic (exact) mass is 1010 g/mol. The first kappa shape index (κ1) is 67.4. The molecule has 0 radical (unpaired) electrons. The van der Waals surface area contributed by atoms with Crippen LogP contribution in [-0.4, -0.2) is 100 Å². The Kier molecular flexibility index (Phi) is 48.0. The van der Waals surface area contributed by atoms with E-state index in [1.165, 1.54) is 205 Å². The van der Waals surface area contributed by atoms with Gasteiger partial charge in [0.05, 0.1) is 32.0 Å². The van der Waals surface area contributed by atoms with E-state index in [0.717, 1.165) is 64.2 Å². The van der Waals surface area contributed by atoms with Crippen molar-refractivity contribution in [3.8, 4) is 0 Å². The van der Waals surface area contributed by atoms with E-state index in [0.29, 0.717) is 19.4 Å². The lowest BCUT2D eigenvalue weighted by atomic mass is 9.99. The molecule has 1 rings (SSSR count). The van der Waals surface area contributed by atoms with Crippen LogP contribution in [0.15, 0.2) is 12.2 Å². The fourth-order valence-electron chi connectivity index (χ4n) is 9.79. The summed E-state index contributed by atoms with van der Waals surface area (Å²) < 4.78 is 16.7. The molecular weight excluding hydrogens is 895 g/mol. The van der Waals surface area contributed by atoms with Gasteiger partial charge in [-0.1, -0.05) is 264 Å². The van der Waals surface area contributed by atoms with Crippen LogP contribution in [-0.2, 0) is 23.8 Å². The standard InChI is InChI=1S/C60H115NO10/c1-3-5-7-9-11-13-15-23-27-30-34-38-42-46-53(63)52(51-70-60-59(68)58(67)57(66)54(50-62)71-60)61-55(64)47-43-39-35-31-28-24-21-19-17-16-18-20-22-25-29-33-37-41-45-49-69-56(65)48-44-40-36-32-26-14-12-10-8-6-4-2/h42,46,52-54,57-60,62-63,66-68H,3-41,43-45,47-51H2,1-2H3,(H,61,64)/b46-42+. The molecule has 0 aliphatic carbocycles. The van der Waals surface area contributed by atoms with Gasteiger partial charge in [0.1, 0.15) is 24.4 Å². The number of amides is 1. The maximum atomic E-state index is 13.0. The molecule has 7 atom stereocenters. The predicted molar refractivity (Wildman–Crippen MR) is 292 cm³/mol. The maximum Gasteiger partial charge on any atom is 0.305 e. The van der Waals surface area contributed by atoms with Crippen molar-refractivity contribution in [2.45, 2.75) is 339 Å². The Morgan fingerprint density at radius 3 is 1.31 bits per heavy atom. The number of aliphatic hydroxyl groups excluding tert-OH is 5. The number of hydrogen-bond donors (Lipinski definition) is 6. The van der Waals surface area contributed by atoms with Crippen LogP contribution in [0.25, 0.3) is 0 Å². The molecule has 0 spiro atoms. The minimum Gasteiger partial charge on any atom is -0.466 e. The normalized spacial score (nSPS) is 19.1. The van der Waals surface area contributed by atoms with Crippen molar-refractivity contribution >= 4 is 11.9 Å². The van der Waals surface area contributed by atoms with E-state index in [4.69, 9.17) is 14.2 Å². The summed E-state index contributed by atoms with van der Waals surface area (Å²) in [7, 11) is 0. The molecule has 11 nitrogen and oxygen atoms in total. The highest BCUT2D eigenvalue weighted by Gasteiger charge is 2.44. The second kappa shape index (κ2) is 50.6. The average Bonchev–Trinajstić information content (AvgIpc) is 3.37. The number of nitrogens with one attached hydrogen (secondary N) is 1. The van der Waals surface area contributed by atoms with Crippen LogP contribution in [0.3, 0.4) is 0 Å². The summed E-state index contributed by atoms with van der Waals surface area (Å²) in [6.07, 6.45) is 48.7. The van der Waals surface area contributed by atoms with Gasteiger partial charge in [-0.15, -0.1) is 0 Å². The number of carbonyl (C=O) groups is 2. The highest BCUT2D eigenvalue weighted by Crippen LogP contribution is 2.23. The first-order valence-electron chi connectivity index (χ1n) is 30.5. The van der Waals surface area contributed by atoms with Gasteiger partial charge in [0.2, 0.25) is 5.91 Å². The van der Waals surface area contributed by atoms with Gasteiger partial charge in [-0.3, -0.25) is 9.59 Å². The molecule has 0 aromatic carbocycles. The molecule has 1 aliphatic rings. The number of carbonyl (C=O) groups excluding carboxylic acids is 2. The Balaban J connectivity index is 2.08. The van der Waals surface area contributed by atoms with Gasteiger partial charge >= 0.3 is 5.97 Å². The van der Waals surface area contributed by atoms with E-state index < -0.39 is 49.5 Å². The molecule has 11 heteroatoms. The summed E-state index contributed by atoms with van der Waals surface area (Å²) >= 11 is 0. The molecule has 1 fully saturated rings. The third-order valence-corrected chi connectivity index (χ3v) is 14.7. The smallest absolute Gasteiger partial charge is 0.305 e. The molecule has 7 unspecified atom stereocenters. The molecule has 1 saturated heterocycles. The topological polar surface area (TPSA) is 175 Å². The lowest BCUT2D eigenvalue weighted by Crippen LogP contribution is -2.60. The number of ether oxygens (including phenoxy) is 3. The molecule has 0 saturated carbocycles. The molecule has 0 aromatic heterocycles. The summed E-state index contributed by atoms with van der Waals surface area (Å²) in [5.74, 6) is -0.188. The van der Waals surface area contributed by atoms with Crippen molar-refractivity contribution in [3.05, 3.63) is 12.2 Å². The van der Waals surface area contributed by atoms with E-state index in [2.05, 4.69) is 19.2 Å². The molecular formula is C60H115NO10. The second-order valence-electron chi connectivity index (χ2n) is 21.4. The van der Waals surface area contributed by atoms with E-state index in [1.807, 2.05) is 6.08 Å². The average molecular weight is 1010 g/mol. The SMILES string of the molecule is CCCCCCCCCCCCC/C=C/C(O)C(COC1OC(CO)C(O)C(O)C1O)NC(=O)CCCCCCCCCCCCCCCCCCCCCOC(=O)CCCCCCCCCCCCC. The number of hydrogen-bond acceptors (Lipinski definition) is 10. The summed E-state index contributed by atoms with van der Waals surface area (Å²) in [5.41, 5.74) is 0. The number of rotatable bonds is 53. The zero-order chi connectivity index (χ0) is 51.7. The van der Waals surface area contributed by atoms with Crippen LogP contribution in [0.4, 0.5) is 0 Å². The van der Waals surface area contributed by atoms with Crippen molar-refractivity contribution in [2.24, 2.45) is 0 Å². The third-order valence-electron chi connectivity index (χ3n) is 14.7. The van der Waals surface area contributed by atoms with Gasteiger partial charge in [0.25, 0.3) is 0 Å². The predicted octanol–water partition coefficient (Wildman–Crippen LogP) is 14.0. The van der Waals surface area contributed by atoms with Crippen LogP contribution < -0.4 is 5.32 Å². The van der Waals surface area contributed by atoms with Crippen molar-refractivity contribution in [1.82, 2.24) is 5.32 Å². The molecule has 1 heterocycles. The van der Waals surface area contributed by atoms with Crippen LogP contribution in [0.2, 0.25) is 0 Å². The van der Waals surface area contributed by atoms with Crippen molar-refractivity contribution in [3.63, 3.8) is 0 Å². The fourth-order valence-corrected chi connectivity index (χ4v) is 9.79. The van der Waals surface area contributed by atoms with Crippen LogP contribution in [0.1, 0.15) is 296 Å². The fraction of sp³-hybridized carbons (Fsp3) is 0.933. The van der Waals surface area contributed by atoms with Crippen LogP contribution >= 0.6 is 0 Å². The van der Waals surface area contributed by atoms with Gasteiger partial charge in [0, 0.05) is 12.8 Å². The Bertz CT molecular complexity index is 1190. The minimum atomic E-state index is -1.57. The van der Waals surface area contributed by atoms with Crippen LogP contribution in [0.5, 0.6) is 0 Å². The third kappa shape index (κ3) is 40.4.